The Morgan fingerprint density at radius 1 is 1.15 bits per heavy atom. The van der Waals surface area contributed by atoms with E-state index in [2.05, 4.69) is 25.5 Å². The van der Waals surface area contributed by atoms with E-state index in [0.717, 1.165) is 22.8 Å². The third kappa shape index (κ3) is 2.13. The van der Waals surface area contributed by atoms with Gasteiger partial charge in [-0.2, -0.15) is 10.2 Å². The second kappa shape index (κ2) is 4.76. The maximum absolute atomic E-state index is 4.60. The molecule has 3 heterocycles. The fourth-order valence-corrected chi connectivity index (χ4v) is 1.98. The minimum Gasteiger partial charge on any atom is -0.373 e. The average Bonchev–Trinajstić information content (AvgIpc) is 3.07. The molecule has 0 unspecified atom stereocenters. The maximum Gasteiger partial charge on any atom is 0.180 e. The van der Waals surface area contributed by atoms with Crippen LogP contribution in [0.5, 0.6) is 0 Å². The predicted octanol–water partition coefficient (Wildman–Crippen LogP) is 1.32. The van der Waals surface area contributed by atoms with Crippen LogP contribution in [0.3, 0.4) is 0 Å². The Balaban J connectivity index is 2.15. The van der Waals surface area contributed by atoms with E-state index in [1.165, 1.54) is 0 Å². The molecule has 0 amide bonds. The summed E-state index contributed by atoms with van der Waals surface area (Å²) in [5.74, 6) is 1.39. The normalized spacial score (nSPS) is 10.8. The van der Waals surface area contributed by atoms with Gasteiger partial charge in [0.25, 0.3) is 0 Å². The third-order valence-corrected chi connectivity index (χ3v) is 3.03. The highest BCUT2D eigenvalue weighted by Gasteiger charge is 2.11. The monoisotopic (exact) mass is 269 g/mol. The summed E-state index contributed by atoms with van der Waals surface area (Å²) >= 11 is 0. The van der Waals surface area contributed by atoms with Crippen LogP contribution in [0.25, 0.3) is 22.8 Å². The van der Waals surface area contributed by atoms with Crippen molar-refractivity contribution in [3.8, 4) is 22.8 Å². The van der Waals surface area contributed by atoms with Gasteiger partial charge in [-0.05, 0) is 6.07 Å². The zero-order chi connectivity index (χ0) is 14.1. The Hall–Kier alpha value is -2.70. The van der Waals surface area contributed by atoms with Crippen LogP contribution in [0.2, 0.25) is 0 Å². The van der Waals surface area contributed by atoms with Gasteiger partial charge in [0.05, 0.1) is 11.9 Å². The largest absolute Gasteiger partial charge is 0.373 e. The SMILES string of the molecule is CNc1cc(-c2cnn(C)c2)nc(-c2ccnn2C)n1. The molecule has 0 fully saturated rings. The van der Waals surface area contributed by atoms with Crippen molar-refractivity contribution in [1.82, 2.24) is 29.5 Å². The minimum absolute atomic E-state index is 0.635. The van der Waals surface area contributed by atoms with Gasteiger partial charge in [0.15, 0.2) is 5.82 Å². The molecule has 0 saturated carbocycles. The van der Waals surface area contributed by atoms with E-state index in [0.29, 0.717) is 5.82 Å². The van der Waals surface area contributed by atoms with Crippen LogP contribution in [0, 0.1) is 0 Å². The molecule has 0 saturated heterocycles. The van der Waals surface area contributed by atoms with E-state index in [1.807, 2.05) is 39.5 Å². The smallest absolute Gasteiger partial charge is 0.180 e. The standard InChI is InChI=1S/C13H15N7/c1-14-12-6-10(9-7-16-19(2)8-9)17-13(18-12)11-4-5-15-20(11)3/h4-8H,1-3H3,(H,14,17,18). The number of aryl methyl sites for hydroxylation is 2. The molecular weight excluding hydrogens is 254 g/mol. The molecule has 0 spiro atoms. The number of nitrogens with one attached hydrogen (secondary N) is 1. The van der Waals surface area contributed by atoms with Crippen LogP contribution in [0.4, 0.5) is 5.82 Å². The first kappa shape index (κ1) is 12.3. The lowest BCUT2D eigenvalue weighted by Crippen LogP contribution is -2.02. The van der Waals surface area contributed by atoms with Gasteiger partial charge in [-0.1, -0.05) is 0 Å². The summed E-state index contributed by atoms with van der Waals surface area (Å²) < 4.78 is 3.50. The Morgan fingerprint density at radius 3 is 2.60 bits per heavy atom. The number of nitrogens with zero attached hydrogens (tertiary/aromatic N) is 6. The quantitative estimate of drug-likeness (QED) is 0.776. The molecule has 7 heteroatoms. The highest BCUT2D eigenvalue weighted by Crippen LogP contribution is 2.23. The first-order valence-electron chi connectivity index (χ1n) is 6.21. The molecule has 0 bridgehead atoms. The summed E-state index contributed by atoms with van der Waals surface area (Å²) in [5.41, 5.74) is 2.65. The molecule has 0 aliphatic carbocycles. The predicted molar refractivity (Wildman–Crippen MR) is 76.0 cm³/mol. The molecule has 7 nitrogen and oxygen atoms in total. The second-order valence-corrected chi connectivity index (χ2v) is 4.45. The highest BCUT2D eigenvalue weighted by atomic mass is 15.3. The fraction of sp³-hybridized carbons (Fsp3) is 0.231. The van der Waals surface area contributed by atoms with Gasteiger partial charge in [-0.15, -0.1) is 0 Å². The summed E-state index contributed by atoms with van der Waals surface area (Å²) in [4.78, 5) is 9.08. The summed E-state index contributed by atoms with van der Waals surface area (Å²) in [6, 6.07) is 3.79. The van der Waals surface area contributed by atoms with Gasteiger partial charge in [-0.25, -0.2) is 9.97 Å². The summed E-state index contributed by atoms with van der Waals surface area (Å²) in [5, 5.41) is 11.4. The molecule has 0 atom stereocenters. The molecule has 3 rings (SSSR count). The van der Waals surface area contributed by atoms with Gasteiger partial charge in [-0.3, -0.25) is 9.36 Å². The zero-order valence-electron chi connectivity index (χ0n) is 11.6. The molecule has 1 N–H and O–H groups in total. The van der Waals surface area contributed by atoms with Crippen LogP contribution in [-0.4, -0.2) is 36.6 Å². The Bertz CT molecular complexity index is 741. The average molecular weight is 269 g/mol. The summed E-state index contributed by atoms with van der Waals surface area (Å²) in [7, 11) is 5.59. The first-order valence-corrected chi connectivity index (χ1v) is 6.21. The molecule has 102 valence electrons. The highest BCUT2D eigenvalue weighted by molar-refractivity contribution is 5.65. The number of anilines is 1. The fourth-order valence-electron chi connectivity index (χ4n) is 1.98. The van der Waals surface area contributed by atoms with E-state index in [4.69, 9.17) is 0 Å². The van der Waals surface area contributed by atoms with Crippen molar-refractivity contribution in [2.45, 2.75) is 0 Å². The Kier molecular flexibility index (Phi) is 2.94. The molecule has 3 aromatic rings. The Morgan fingerprint density at radius 2 is 2.00 bits per heavy atom. The minimum atomic E-state index is 0.635. The molecule has 3 aromatic heterocycles. The zero-order valence-corrected chi connectivity index (χ0v) is 11.6. The van der Waals surface area contributed by atoms with Crippen molar-refractivity contribution in [2.24, 2.45) is 14.1 Å². The molecular formula is C13H15N7. The number of rotatable bonds is 3. The van der Waals surface area contributed by atoms with Gasteiger partial charge in [0.2, 0.25) is 0 Å². The van der Waals surface area contributed by atoms with Gasteiger partial charge in [0, 0.05) is 45.2 Å². The lowest BCUT2D eigenvalue weighted by molar-refractivity contribution is 0.767. The maximum atomic E-state index is 4.60. The van der Waals surface area contributed by atoms with Crippen molar-refractivity contribution in [3.05, 3.63) is 30.7 Å². The van der Waals surface area contributed by atoms with Gasteiger partial charge < -0.3 is 5.32 Å². The number of hydrogen-bond acceptors (Lipinski definition) is 5. The van der Waals surface area contributed by atoms with Crippen LogP contribution >= 0.6 is 0 Å². The van der Waals surface area contributed by atoms with Gasteiger partial charge >= 0.3 is 0 Å². The summed E-state index contributed by atoms with van der Waals surface area (Å²) in [6.07, 6.45) is 5.44. The molecule has 0 radical (unpaired) electrons. The number of aromatic nitrogens is 6. The van der Waals surface area contributed by atoms with E-state index in [1.54, 1.807) is 21.8 Å². The second-order valence-electron chi connectivity index (χ2n) is 4.45. The molecule has 0 aliphatic rings. The van der Waals surface area contributed by atoms with Crippen molar-refractivity contribution in [3.63, 3.8) is 0 Å². The van der Waals surface area contributed by atoms with Crippen LogP contribution in [-0.2, 0) is 14.1 Å². The van der Waals surface area contributed by atoms with E-state index >= 15 is 0 Å². The molecule has 0 aliphatic heterocycles. The van der Waals surface area contributed by atoms with Crippen LogP contribution in [0.1, 0.15) is 0 Å². The van der Waals surface area contributed by atoms with Crippen molar-refractivity contribution in [1.29, 1.82) is 0 Å². The van der Waals surface area contributed by atoms with Crippen LogP contribution < -0.4 is 5.32 Å². The van der Waals surface area contributed by atoms with E-state index < -0.39 is 0 Å². The molecule has 20 heavy (non-hydrogen) atoms. The Labute approximate surface area is 116 Å². The van der Waals surface area contributed by atoms with Crippen molar-refractivity contribution >= 4 is 5.82 Å². The van der Waals surface area contributed by atoms with E-state index in [9.17, 15) is 0 Å². The molecule has 0 aromatic carbocycles. The topological polar surface area (TPSA) is 73.5 Å². The van der Waals surface area contributed by atoms with E-state index in [-0.39, 0.29) is 0 Å². The van der Waals surface area contributed by atoms with Crippen molar-refractivity contribution in [2.75, 3.05) is 12.4 Å². The third-order valence-electron chi connectivity index (χ3n) is 3.03. The van der Waals surface area contributed by atoms with Crippen LogP contribution in [0.15, 0.2) is 30.7 Å². The van der Waals surface area contributed by atoms with Crippen molar-refractivity contribution < 1.29 is 0 Å². The van der Waals surface area contributed by atoms with Gasteiger partial charge in [0.1, 0.15) is 11.5 Å². The first-order chi connectivity index (χ1) is 9.67. The lowest BCUT2D eigenvalue weighted by atomic mass is 10.2. The lowest BCUT2D eigenvalue weighted by Gasteiger charge is -2.07. The summed E-state index contributed by atoms with van der Waals surface area (Å²) in [6.45, 7) is 0. The number of hydrogen-bond donors (Lipinski definition) is 1.